The molecule has 0 nitrogen and oxygen atoms in total. The maximum absolute atomic E-state index is 2.60. The molecule has 1 aromatic carbocycles. The summed E-state index contributed by atoms with van der Waals surface area (Å²) in [7, 11) is -2.18. The fraction of sp³-hybridized carbons (Fsp3) is 0.727. The van der Waals surface area contributed by atoms with Crippen molar-refractivity contribution in [1.29, 1.82) is 0 Å². The number of rotatable bonds is 11. The first kappa shape index (κ1) is 21.7. The van der Waals surface area contributed by atoms with Gasteiger partial charge in [-0.2, -0.15) is 0 Å². The van der Waals surface area contributed by atoms with Gasteiger partial charge in [-0.05, 0) is 24.1 Å². The van der Waals surface area contributed by atoms with Gasteiger partial charge in [0.15, 0.2) is 0 Å². The smallest absolute Gasteiger partial charge is 0.0571 e. The van der Waals surface area contributed by atoms with E-state index in [2.05, 4.69) is 66.7 Å². The normalized spacial score (nSPS) is 12.6. The van der Waals surface area contributed by atoms with Gasteiger partial charge in [0.1, 0.15) is 0 Å². The third kappa shape index (κ3) is 5.32. The van der Waals surface area contributed by atoms with Gasteiger partial charge in [0, 0.05) is 0 Å². The predicted molar refractivity (Wildman–Crippen MR) is 118 cm³/mol. The van der Waals surface area contributed by atoms with E-state index in [1.165, 1.54) is 54.8 Å². The van der Waals surface area contributed by atoms with Gasteiger partial charge in [-0.15, -0.1) is 0 Å². The van der Waals surface area contributed by atoms with E-state index in [1.54, 1.807) is 16.7 Å². The molecule has 0 unspecified atom stereocenters. The average Bonchev–Trinajstić information content (AvgIpc) is 2.64. The van der Waals surface area contributed by atoms with Crippen LogP contribution in [0.2, 0.25) is 36.3 Å². The summed E-state index contributed by atoms with van der Waals surface area (Å²) in [4.78, 5) is 0. The van der Waals surface area contributed by atoms with E-state index in [1.807, 2.05) is 0 Å². The van der Waals surface area contributed by atoms with Crippen LogP contribution in [0.5, 0.6) is 0 Å². The first-order chi connectivity index (χ1) is 11.5. The zero-order chi connectivity index (χ0) is 18.2. The summed E-state index contributed by atoms with van der Waals surface area (Å²) in [5.41, 5.74) is 4.89. The summed E-state index contributed by atoms with van der Waals surface area (Å²) >= 11 is 0. The lowest BCUT2D eigenvalue weighted by molar-refractivity contribution is 1.05. The molecule has 0 aliphatic heterocycles. The monoisotopic (exact) mass is 362 g/mol. The molecular formula is C22H42Si2. The van der Waals surface area contributed by atoms with Crippen LogP contribution in [0, 0.1) is 0 Å². The summed E-state index contributed by atoms with van der Waals surface area (Å²) < 4.78 is 0. The van der Waals surface area contributed by atoms with Crippen molar-refractivity contribution in [1.82, 2.24) is 0 Å². The van der Waals surface area contributed by atoms with E-state index in [-0.39, 0.29) is 0 Å². The van der Waals surface area contributed by atoms with Crippen molar-refractivity contribution in [3.63, 3.8) is 0 Å². The van der Waals surface area contributed by atoms with Crippen LogP contribution >= 0.6 is 0 Å². The average molecular weight is 363 g/mol. The zero-order valence-corrected chi connectivity index (χ0v) is 19.6. The molecule has 24 heavy (non-hydrogen) atoms. The Morgan fingerprint density at radius 2 is 0.792 bits per heavy atom. The molecule has 0 aromatic heterocycles. The van der Waals surface area contributed by atoms with E-state index in [0.29, 0.717) is 0 Å². The zero-order valence-electron chi connectivity index (χ0n) is 17.6. The maximum Gasteiger partial charge on any atom is 0.0571 e. The van der Waals surface area contributed by atoms with Crippen molar-refractivity contribution in [2.75, 3.05) is 0 Å². The van der Waals surface area contributed by atoms with E-state index in [0.717, 1.165) is 0 Å². The van der Waals surface area contributed by atoms with Crippen molar-refractivity contribution in [3.8, 4) is 0 Å². The molecule has 0 amide bonds. The molecule has 1 rings (SSSR count). The number of aryl methyl sites for hydroxylation is 1. The summed E-state index contributed by atoms with van der Waals surface area (Å²) in [6, 6.07) is 19.1. The highest BCUT2D eigenvalue weighted by Gasteiger charge is 2.29. The molecule has 0 bridgehead atoms. The highest BCUT2D eigenvalue weighted by atomic mass is 28.3. The number of hydrogen-bond donors (Lipinski definition) is 0. The molecular weight excluding hydrogens is 320 g/mol. The quantitative estimate of drug-likeness (QED) is 0.359. The summed E-state index contributed by atoms with van der Waals surface area (Å²) in [6.07, 6.45) is 1.18. The first-order valence-electron chi connectivity index (χ1n) is 10.6. The van der Waals surface area contributed by atoms with Crippen molar-refractivity contribution >= 4 is 16.1 Å². The summed E-state index contributed by atoms with van der Waals surface area (Å²) in [5.74, 6) is 0. The number of hydrogen-bond acceptors (Lipinski definition) is 0. The van der Waals surface area contributed by atoms with Gasteiger partial charge in [-0.25, -0.2) is 0 Å². The second-order valence-corrected chi connectivity index (χ2v) is 18.9. The van der Waals surface area contributed by atoms with Gasteiger partial charge in [0.2, 0.25) is 0 Å². The van der Waals surface area contributed by atoms with Crippen LogP contribution in [0.4, 0.5) is 0 Å². The fourth-order valence-electron chi connectivity index (χ4n) is 4.36. The molecule has 0 spiro atoms. The lowest BCUT2D eigenvalue weighted by Crippen LogP contribution is -2.36. The lowest BCUT2D eigenvalue weighted by atomic mass is 10.1. The van der Waals surface area contributed by atoms with Crippen LogP contribution in [-0.4, -0.2) is 16.1 Å². The van der Waals surface area contributed by atoms with Crippen molar-refractivity contribution in [3.05, 3.63) is 34.9 Å². The van der Waals surface area contributed by atoms with Crippen LogP contribution in [0.3, 0.4) is 0 Å². The molecule has 0 atom stereocenters. The Hall–Kier alpha value is -0.346. The summed E-state index contributed by atoms with van der Waals surface area (Å²) in [5, 5.41) is 0. The minimum atomic E-state index is -1.09. The third-order valence-corrected chi connectivity index (χ3v) is 18.5. The predicted octanol–water partition coefficient (Wildman–Crippen LogP) is 7.43. The Morgan fingerprint density at radius 3 is 1.04 bits per heavy atom. The molecule has 138 valence electrons. The molecule has 0 N–H and O–H groups in total. The minimum Gasteiger partial charge on any atom is -0.0678 e. The van der Waals surface area contributed by atoms with Crippen LogP contribution in [-0.2, 0) is 18.5 Å². The van der Waals surface area contributed by atoms with Crippen LogP contribution in [0.1, 0.15) is 65.2 Å². The Bertz CT molecular complexity index is 428. The summed E-state index contributed by atoms with van der Waals surface area (Å²) in [6.45, 7) is 16.9. The van der Waals surface area contributed by atoms with Gasteiger partial charge >= 0.3 is 0 Å². The van der Waals surface area contributed by atoms with E-state index < -0.39 is 16.1 Å². The molecule has 0 saturated carbocycles. The molecule has 2 heteroatoms. The topological polar surface area (TPSA) is 0 Å². The number of benzene rings is 1. The molecule has 1 aromatic rings. The second kappa shape index (κ2) is 9.96. The standard InChI is InChI=1S/C22H42Si2/c1-8-20-15-21(18-23(9-2,10-3)11-4)17-22(16-20)19-24(12-5,13-6)14-7/h15-17H,8-14,18-19H2,1-7H3. The molecule has 0 radical (unpaired) electrons. The third-order valence-electron chi connectivity index (χ3n) is 7.18. The first-order valence-corrected chi connectivity index (χ1v) is 16.2. The highest BCUT2D eigenvalue weighted by molar-refractivity contribution is 6.79. The van der Waals surface area contributed by atoms with Gasteiger partial charge in [0.25, 0.3) is 0 Å². The Kier molecular flexibility index (Phi) is 9.01. The van der Waals surface area contributed by atoms with Crippen LogP contribution < -0.4 is 0 Å². The largest absolute Gasteiger partial charge is 0.0678 e. The Balaban J connectivity index is 3.16. The molecule has 0 fully saturated rings. The van der Waals surface area contributed by atoms with Crippen molar-refractivity contribution in [2.45, 2.75) is 103 Å². The van der Waals surface area contributed by atoms with Gasteiger partial charge in [-0.1, -0.05) is 114 Å². The maximum atomic E-state index is 2.60. The lowest BCUT2D eigenvalue weighted by Gasteiger charge is -2.30. The SMILES string of the molecule is CCc1cc(C[Si](CC)(CC)CC)cc(C[Si](CC)(CC)CC)c1. The van der Waals surface area contributed by atoms with E-state index in [9.17, 15) is 0 Å². The van der Waals surface area contributed by atoms with Gasteiger partial charge in [0.05, 0.1) is 16.1 Å². The van der Waals surface area contributed by atoms with Crippen LogP contribution in [0.15, 0.2) is 18.2 Å². The van der Waals surface area contributed by atoms with Crippen molar-refractivity contribution in [2.24, 2.45) is 0 Å². The Morgan fingerprint density at radius 1 is 0.500 bits per heavy atom. The Labute approximate surface area is 154 Å². The highest BCUT2D eigenvalue weighted by Crippen LogP contribution is 2.29. The molecule has 0 aliphatic rings. The van der Waals surface area contributed by atoms with E-state index in [4.69, 9.17) is 0 Å². The fourth-order valence-corrected chi connectivity index (χ4v) is 11.0. The van der Waals surface area contributed by atoms with Crippen molar-refractivity contribution < 1.29 is 0 Å². The van der Waals surface area contributed by atoms with Gasteiger partial charge in [-0.3, -0.25) is 0 Å². The molecule has 0 aliphatic carbocycles. The second-order valence-electron chi connectivity index (χ2n) is 7.99. The van der Waals surface area contributed by atoms with Crippen LogP contribution in [0.25, 0.3) is 0 Å². The molecule has 0 saturated heterocycles. The van der Waals surface area contributed by atoms with Gasteiger partial charge < -0.3 is 0 Å². The van der Waals surface area contributed by atoms with E-state index >= 15 is 0 Å². The minimum absolute atomic E-state index is 1.09. The molecule has 0 heterocycles.